The van der Waals surface area contributed by atoms with Crippen molar-refractivity contribution in [3.05, 3.63) is 45.5 Å². The molecule has 1 aromatic heterocycles. The Hall–Kier alpha value is -1.10. The highest BCUT2D eigenvalue weighted by atomic mass is 35.5. The SMILES string of the molecule is CC(C)(N)Cc1nc(Cc2c(Cl)cccc2Cl)no1. The molecule has 4 nitrogen and oxygen atoms in total. The molecule has 0 bridgehead atoms. The summed E-state index contributed by atoms with van der Waals surface area (Å²) in [6, 6.07) is 5.37. The van der Waals surface area contributed by atoms with Crippen molar-refractivity contribution < 1.29 is 4.52 Å². The first kappa shape index (κ1) is 14.3. The summed E-state index contributed by atoms with van der Waals surface area (Å²) in [5.41, 5.74) is 6.32. The smallest absolute Gasteiger partial charge is 0.228 e. The number of hydrogen-bond donors (Lipinski definition) is 1. The molecule has 1 aromatic carbocycles. The summed E-state index contributed by atoms with van der Waals surface area (Å²) >= 11 is 12.2. The molecule has 0 amide bonds. The highest BCUT2D eigenvalue weighted by molar-refractivity contribution is 6.36. The van der Waals surface area contributed by atoms with Crippen molar-refractivity contribution in [2.45, 2.75) is 32.2 Å². The van der Waals surface area contributed by atoms with Gasteiger partial charge < -0.3 is 10.3 Å². The lowest BCUT2D eigenvalue weighted by atomic mass is 10.0. The zero-order valence-electron chi connectivity index (χ0n) is 10.8. The lowest BCUT2D eigenvalue weighted by molar-refractivity contribution is 0.345. The van der Waals surface area contributed by atoms with Gasteiger partial charge in [-0.05, 0) is 31.5 Å². The minimum absolute atomic E-state index is 0.383. The Labute approximate surface area is 121 Å². The van der Waals surface area contributed by atoms with E-state index in [0.29, 0.717) is 34.6 Å². The molecular formula is C13H15Cl2N3O. The molecule has 2 N–H and O–H groups in total. The molecule has 0 spiro atoms. The van der Waals surface area contributed by atoms with Gasteiger partial charge in [0.2, 0.25) is 5.89 Å². The van der Waals surface area contributed by atoms with Gasteiger partial charge in [-0.15, -0.1) is 0 Å². The summed E-state index contributed by atoms with van der Waals surface area (Å²) in [6.45, 7) is 3.81. The van der Waals surface area contributed by atoms with Crippen molar-refractivity contribution in [1.82, 2.24) is 10.1 Å². The van der Waals surface area contributed by atoms with E-state index in [1.807, 2.05) is 13.8 Å². The zero-order chi connectivity index (χ0) is 14.0. The molecule has 19 heavy (non-hydrogen) atoms. The molecule has 0 aliphatic carbocycles. The highest BCUT2D eigenvalue weighted by Gasteiger charge is 2.18. The standard InChI is InChI=1S/C13H15Cl2N3O/c1-13(2,16)7-12-17-11(18-19-12)6-8-9(14)4-3-5-10(8)15/h3-5H,6-7,16H2,1-2H3. The minimum Gasteiger partial charge on any atom is -0.339 e. The number of halogens is 2. The highest BCUT2D eigenvalue weighted by Crippen LogP contribution is 2.26. The van der Waals surface area contributed by atoms with Crippen LogP contribution >= 0.6 is 23.2 Å². The van der Waals surface area contributed by atoms with Crippen LogP contribution in [0.5, 0.6) is 0 Å². The summed E-state index contributed by atoms with van der Waals surface area (Å²) in [7, 11) is 0. The van der Waals surface area contributed by atoms with E-state index >= 15 is 0 Å². The van der Waals surface area contributed by atoms with Gasteiger partial charge in [-0.1, -0.05) is 34.4 Å². The predicted molar refractivity (Wildman–Crippen MR) is 75.5 cm³/mol. The molecule has 0 saturated heterocycles. The molecule has 102 valence electrons. The monoisotopic (exact) mass is 299 g/mol. The van der Waals surface area contributed by atoms with E-state index in [2.05, 4.69) is 10.1 Å². The number of nitrogens with zero attached hydrogens (tertiary/aromatic N) is 2. The molecule has 0 fully saturated rings. The van der Waals surface area contributed by atoms with E-state index in [4.69, 9.17) is 33.5 Å². The zero-order valence-corrected chi connectivity index (χ0v) is 12.3. The second kappa shape index (κ2) is 5.49. The van der Waals surface area contributed by atoms with E-state index in [1.165, 1.54) is 0 Å². The van der Waals surface area contributed by atoms with E-state index in [0.717, 1.165) is 5.56 Å². The molecule has 6 heteroatoms. The van der Waals surface area contributed by atoms with Crippen molar-refractivity contribution in [2.24, 2.45) is 5.73 Å². The van der Waals surface area contributed by atoms with Crippen molar-refractivity contribution in [2.75, 3.05) is 0 Å². The first-order chi connectivity index (χ1) is 8.85. The predicted octanol–water partition coefficient (Wildman–Crippen LogP) is 3.25. The number of nitrogens with two attached hydrogens (primary N) is 1. The third-order valence-corrected chi connectivity index (χ3v) is 3.22. The lowest BCUT2D eigenvalue weighted by Crippen LogP contribution is -2.34. The average molecular weight is 300 g/mol. The lowest BCUT2D eigenvalue weighted by Gasteiger charge is -2.14. The fraction of sp³-hybridized carbons (Fsp3) is 0.385. The molecule has 2 rings (SSSR count). The maximum absolute atomic E-state index is 6.10. The molecule has 0 atom stereocenters. The Balaban J connectivity index is 2.16. The maximum atomic E-state index is 6.10. The fourth-order valence-electron chi connectivity index (χ4n) is 1.68. The molecule has 1 heterocycles. The van der Waals surface area contributed by atoms with Gasteiger partial charge in [0, 0.05) is 28.4 Å². The van der Waals surface area contributed by atoms with Crippen LogP contribution in [0.15, 0.2) is 22.7 Å². The number of benzene rings is 1. The van der Waals surface area contributed by atoms with Crippen molar-refractivity contribution in [1.29, 1.82) is 0 Å². The first-order valence-corrected chi connectivity index (χ1v) is 6.64. The van der Waals surface area contributed by atoms with Crippen LogP contribution in [0.1, 0.15) is 31.1 Å². The van der Waals surface area contributed by atoms with E-state index in [9.17, 15) is 0 Å². The van der Waals surface area contributed by atoms with E-state index in [1.54, 1.807) is 18.2 Å². The van der Waals surface area contributed by atoms with Crippen LogP contribution in [0.4, 0.5) is 0 Å². The van der Waals surface area contributed by atoms with Gasteiger partial charge in [-0.3, -0.25) is 0 Å². The van der Waals surface area contributed by atoms with Crippen molar-refractivity contribution >= 4 is 23.2 Å². The first-order valence-electron chi connectivity index (χ1n) is 5.88. The molecular weight excluding hydrogens is 285 g/mol. The van der Waals surface area contributed by atoms with Gasteiger partial charge in [0.25, 0.3) is 0 Å². The van der Waals surface area contributed by atoms with Gasteiger partial charge in [0.15, 0.2) is 5.82 Å². The van der Waals surface area contributed by atoms with Crippen LogP contribution < -0.4 is 5.73 Å². The van der Waals surface area contributed by atoms with E-state index < -0.39 is 0 Å². The van der Waals surface area contributed by atoms with Crippen LogP contribution in [0.25, 0.3) is 0 Å². The quantitative estimate of drug-likeness (QED) is 0.941. The molecule has 0 unspecified atom stereocenters. The summed E-state index contributed by atoms with van der Waals surface area (Å²) in [6.07, 6.45) is 0.962. The summed E-state index contributed by atoms with van der Waals surface area (Å²) in [5.74, 6) is 1.07. The van der Waals surface area contributed by atoms with Crippen LogP contribution in [0.2, 0.25) is 10.0 Å². The summed E-state index contributed by atoms with van der Waals surface area (Å²) < 4.78 is 5.17. The Morgan fingerprint density at radius 3 is 2.47 bits per heavy atom. The number of hydrogen-bond acceptors (Lipinski definition) is 4. The van der Waals surface area contributed by atoms with Crippen LogP contribution in [-0.2, 0) is 12.8 Å². The molecule has 0 radical (unpaired) electrons. The molecule has 0 saturated carbocycles. The van der Waals surface area contributed by atoms with Crippen molar-refractivity contribution in [3.8, 4) is 0 Å². The van der Waals surface area contributed by atoms with Crippen LogP contribution in [0.3, 0.4) is 0 Å². The fourth-order valence-corrected chi connectivity index (χ4v) is 2.21. The Bertz CT molecular complexity index is 555. The van der Waals surface area contributed by atoms with E-state index in [-0.39, 0.29) is 5.54 Å². The molecule has 0 aliphatic rings. The minimum atomic E-state index is -0.383. The topological polar surface area (TPSA) is 64.9 Å². The van der Waals surface area contributed by atoms with Crippen LogP contribution in [-0.4, -0.2) is 15.7 Å². The Morgan fingerprint density at radius 2 is 1.89 bits per heavy atom. The number of rotatable bonds is 4. The van der Waals surface area contributed by atoms with Crippen molar-refractivity contribution in [3.63, 3.8) is 0 Å². The second-order valence-corrected chi connectivity index (χ2v) is 5.96. The third kappa shape index (κ3) is 3.93. The summed E-state index contributed by atoms with van der Waals surface area (Å²) in [4.78, 5) is 4.30. The number of aromatic nitrogens is 2. The third-order valence-electron chi connectivity index (χ3n) is 2.51. The van der Waals surface area contributed by atoms with Crippen LogP contribution in [0, 0.1) is 0 Å². The Kier molecular flexibility index (Phi) is 4.13. The summed E-state index contributed by atoms with van der Waals surface area (Å²) in [5, 5.41) is 5.11. The molecule has 2 aromatic rings. The Morgan fingerprint density at radius 1 is 1.26 bits per heavy atom. The van der Waals surface area contributed by atoms with Gasteiger partial charge in [0.1, 0.15) is 0 Å². The largest absolute Gasteiger partial charge is 0.339 e. The van der Waals surface area contributed by atoms with Gasteiger partial charge in [-0.25, -0.2) is 0 Å². The second-order valence-electron chi connectivity index (χ2n) is 5.15. The van der Waals surface area contributed by atoms with Gasteiger partial charge in [0.05, 0.1) is 0 Å². The van der Waals surface area contributed by atoms with Gasteiger partial charge >= 0.3 is 0 Å². The normalized spacial score (nSPS) is 11.8. The van der Waals surface area contributed by atoms with Gasteiger partial charge in [-0.2, -0.15) is 4.98 Å². The molecule has 0 aliphatic heterocycles. The average Bonchev–Trinajstić information content (AvgIpc) is 2.69. The maximum Gasteiger partial charge on any atom is 0.228 e.